The highest BCUT2D eigenvalue weighted by molar-refractivity contribution is 7.10. The molecule has 1 aromatic rings. The summed E-state index contributed by atoms with van der Waals surface area (Å²) in [4.78, 5) is 23.5. The minimum absolute atomic E-state index is 0.105. The molecule has 0 aliphatic heterocycles. The maximum absolute atomic E-state index is 11.5. The maximum atomic E-state index is 11.5. The van der Waals surface area contributed by atoms with Gasteiger partial charge in [-0.15, -0.1) is 11.3 Å². The third kappa shape index (κ3) is 6.35. The van der Waals surface area contributed by atoms with Crippen molar-refractivity contribution < 1.29 is 14.3 Å². The van der Waals surface area contributed by atoms with Crippen LogP contribution in [0.3, 0.4) is 0 Å². The molecule has 0 atom stereocenters. The Morgan fingerprint density at radius 1 is 1.37 bits per heavy atom. The molecule has 0 bridgehead atoms. The molecular weight excluding hydrogens is 264 g/mol. The van der Waals surface area contributed by atoms with Crippen LogP contribution in [0.5, 0.6) is 0 Å². The first kappa shape index (κ1) is 15.7. The van der Waals surface area contributed by atoms with Gasteiger partial charge in [0.15, 0.2) is 0 Å². The van der Waals surface area contributed by atoms with Crippen molar-refractivity contribution >= 4 is 28.9 Å². The molecule has 106 valence electrons. The average molecular weight is 284 g/mol. The van der Waals surface area contributed by atoms with Crippen LogP contribution in [0, 0.1) is 0 Å². The van der Waals surface area contributed by atoms with E-state index in [-0.39, 0.29) is 18.4 Å². The molecule has 0 fully saturated rings. The van der Waals surface area contributed by atoms with Crippen LogP contribution in [-0.2, 0) is 20.9 Å². The highest BCUT2D eigenvalue weighted by Gasteiger charge is 2.15. The predicted molar refractivity (Wildman–Crippen MR) is 76.2 cm³/mol. The summed E-state index contributed by atoms with van der Waals surface area (Å²) in [6.45, 7) is 7.63. The van der Waals surface area contributed by atoms with E-state index in [1.807, 2.05) is 32.2 Å². The predicted octanol–water partition coefficient (Wildman–Crippen LogP) is 2.14. The molecule has 1 amide bonds. The summed E-state index contributed by atoms with van der Waals surface area (Å²) in [5.74, 6) is -0.392. The molecule has 19 heavy (non-hydrogen) atoms. The molecule has 0 unspecified atom stereocenters. The topological polar surface area (TPSA) is 67.4 Å². The summed E-state index contributed by atoms with van der Waals surface area (Å²) in [6.07, 6.45) is 0. The number of hydrogen-bond acceptors (Lipinski definition) is 5. The van der Waals surface area contributed by atoms with Crippen molar-refractivity contribution in [3.8, 4) is 0 Å². The Kier molecular flexibility index (Phi) is 5.50. The van der Waals surface area contributed by atoms with Gasteiger partial charge < -0.3 is 15.4 Å². The lowest BCUT2D eigenvalue weighted by molar-refractivity contribution is -0.153. The number of ether oxygens (including phenoxy) is 1. The van der Waals surface area contributed by atoms with E-state index in [0.717, 1.165) is 10.6 Å². The Labute approximate surface area is 117 Å². The van der Waals surface area contributed by atoms with Gasteiger partial charge in [-0.2, -0.15) is 0 Å². The quantitative estimate of drug-likeness (QED) is 0.813. The Balaban J connectivity index is 2.39. The molecule has 0 saturated heterocycles. The molecular formula is C13H20N2O3S. The van der Waals surface area contributed by atoms with Crippen LogP contribution in [0.4, 0.5) is 5.69 Å². The molecule has 0 aliphatic carbocycles. The van der Waals surface area contributed by atoms with E-state index >= 15 is 0 Å². The van der Waals surface area contributed by atoms with Crippen molar-refractivity contribution in [2.75, 3.05) is 11.9 Å². The number of amides is 1. The molecule has 5 nitrogen and oxygen atoms in total. The minimum Gasteiger partial charge on any atom is -0.459 e. The van der Waals surface area contributed by atoms with E-state index in [4.69, 9.17) is 4.74 Å². The Morgan fingerprint density at radius 2 is 2.05 bits per heavy atom. The van der Waals surface area contributed by atoms with Gasteiger partial charge in [0.05, 0.1) is 12.2 Å². The van der Waals surface area contributed by atoms with E-state index < -0.39 is 5.60 Å². The van der Waals surface area contributed by atoms with Gasteiger partial charge >= 0.3 is 5.97 Å². The largest absolute Gasteiger partial charge is 0.459 e. The molecule has 0 aromatic carbocycles. The molecule has 0 aliphatic rings. The fourth-order valence-corrected chi connectivity index (χ4v) is 2.23. The summed E-state index contributed by atoms with van der Waals surface area (Å²) in [6, 6.07) is 1.84. The Hall–Kier alpha value is -1.40. The highest BCUT2D eigenvalue weighted by atomic mass is 32.1. The van der Waals surface area contributed by atoms with E-state index in [1.54, 1.807) is 0 Å². The first-order valence-corrected chi connectivity index (χ1v) is 6.92. The summed E-state index contributed by atoms with van der Waals surface area (Å²) in [5.41, 5.74) is 0.317. The third-order valence-electron chi connectivity index (χ3n) is 2.03. The summed E-state index contributed by atoms with van der Waals surface area (Å²) >= 11 is 1.53. The van der Waals surface area contributed by atoms with Crippen molar-refractivity contribution in [2.45, 2.75) is 39.8 Å². The van der Waals surface area contributed by atoms with E-state index in [1.165, 1.54) is 18.3 Å². The normalized spacial score (nSPS) is 11.2. The van der Waals surface area contributed by atoms with Crippen molar-refractivity contribution in [2.24, 2.45) is 0 Å². The van der Waals surface area contributed by atoms with Gasteiger partial charge in [-0.25, -0.2) is 0 Å². The van der Waals surface area contributed by atoms with Crippen molar-refractivity contribution in [1.29, 1.82) is 0 Å². The molecule has 0 saturated carbocycles. The lowest BCUT2D eigenvalue weighted by Gasteiger charge is -2.19. The molecule has 2 N–H and O–H groups in total. The fraction of sp³-hybridized carbons (Fsp3) is 0.538. The number of carbonyl (C=O) groups is 2. The fourth-order valence-electron chi connectivity index (χ4n) is 1.43. The monoisotopic (exact) mass is 284 g/mol. The molecule has 0 spiro atoms. The maximum Gasteiger partial charge on any atom is 0.320 e. The SMILES string of the molecule is CC(=O)Nc1ccsc1CNCC(=O)OC(C)(C)C. The highest BCUT2D eigenvalue weighted by Crippen LogP contribution is 2.21. The van der Waals surface area contributed by atoms with Crippen LogP contribution in [0.15, 0.2) is 11.4 Å². The van der Waals surface area contributed by atoms with Gasteiger partial charge in [0, 0.05) is 18.3 Å². The zero-order valence-electron chi connectivity index (χ0n) is 11.7. The van der Waals surface area contributed by atoms with Gasteiger partial charge in [-0.3, -0.25) is 9.59 Å². The minimum atomic E-state index is -0.469. The van der Waals surface area contributed by atoms with Crippen LogP contribution in [0.2, 0.25) is 0 Å². The molecule has 1 heterocycles. The van der Waals surface area contributed by atoms with Gasteiger partial charge in [0.1, 0.15) is 5.60 Å². The molecule has 6 heteroatoms. The number of anilines is 1. The van der Waals surface area contributed by atoms with Crippen molar-refractivity contribution in [3.05, 3.63) is 16.3 Å². The van der Waals surface area contributed by atoms with Gasteiger partial charge in [0.25, 0.3) is 0 Å². The van der Waals surface area contributed by atoms with Crippen molar-refractivity contribution in [3.63, 3.8) is 0 Å². The number of thiophene rings is 1. The number of esters is 1. The second-order valence-corrected chi connectivity index (χ2v) is 6.13. The smallest absolute Gasteiger partial charge is 0.320 e. The van der Waals surface area contributed by atoms with Gasteiger partial charge in [-0.1, -0.05) is 0 Å². The number of nitrogens with one attached hydrogen (secondary N) is 2. The van der Waals surface area contributed by atoms with Gasteiger partial charge in [0.2, 0.25) is 5.91 Å². The number of rotatable bonds is 5. The second kappa shape index (κ2) is 6.68. The zero-order valence-corrected chi connectivity index (χ0v) is 12.5. The average Bonchev–Trinajstić information content (AvgIpc) is 2.62. The summed E-state index contributed by atoms with van der Waals surface area (Å²) in [5, 5.41) is 7.65. The molecule has 1 aromatic heterocycles. The van der Waals surface area contributed by atoms with Crippen LogP contribution in [0.25, 0.3) is 0 Å². The molecule has 1 rings (SSSR count). The third-order valence-corrected chi connectivity index (χ3v) is 2.95. The second-order valence-electron chi connectivity index (χ2n) is 5.13. The van der Waals surface area contributed by atoms with Crippen LogP contribution >= 0.6 is 11.3 Å². The Morgan fingerprint density at radius 3 is 2.63 bits per heavy atom. The summed E-state index contributed by atoms with van der Waals surface area (Å²) in [7, 11) is 0. The van der Waals surface area contributed by atoms with Crippen molar-refractivity contribution in [1.82, 2.24) is 5.32 Å². The van der Waals surface area contributed by atoms with E-state index in [9.17, 15) is 9.59 Å². The Bertz CT molecular complexity index is 449. The standard InChI is InChI=1S/C13H20N2O3S/c1-9(16)15-10-5-6-19-11(10)7-14-8-12(17)18-13(2,3)4/h5-6,14H,7-8H2,1-4H3,(H,15,16). The summed E-state index contributed by atoms with van der Waals surface area (Å²) < 4.78 is 5.18. The number of hydrogen-bond donors (Lipinski definition) is 2. The first-order chi connectivity index (χ1) is 8.78. The van der Waals surface area contributed by atoms with E-state index in [2.05, 4.69) is 10.6 Å². The van der Waals surface area contributed by atoms with Crippen LogP contribution < -0.4 is 10.6 Å². The number of carbonyl (C=O) groups excluding carboxylic acids is 2. The van der Waals surface area contributed by atoms with Crippen LogP contribution in [-0.4, -0.2) is 24.0 Å². The lowest BCUT2D eigenvalue weighted by atomic mass is 10.2. The van der Waals surface area contributed by atoms with E-state index in [0.29, 0.717) is 6.54 Å². The molecule has 0 radical (unpaired) electrons. The lowest BCUT2D eigenvalue weighted by Crippen LogP contribution is -2.31. The first-order valence-electron chi connectivity index (χ1n) is 6.04. The van der Waals surface area contributed by atoms with Gasteiger partial charge in [-0.05, 0) is 32.2 Å². The zero-order chi connectivity index (χ0) is 14.5. The van der Waals surface area contributed by atoms with Crippen LogP contribution in [0.1, 0.15) is 32.6 Å².